The fourth-order valence-corrected chi connectivity index (χ4v) is 4.53. The van der Waals surface area contributed by atoms with Gasteiger partial charge in [-0.3, -0.25) is 4.21 Å². The molecule has 3 atom stereocenters. The standard InChI is InChI=1S/C15H24N2O3S2/c1-12(13-6-8-15(9-7-13)21(2)18)16-11-14-5-4-10-17(14)22(3,19)20/h6-9,12,14,16H,4-5,10-11H2,1-3H3/t12-,14+,21-/m0/s1. The van der Waals surface area contributed by atoms with Crippen LogP contribution in [-0.4, -0.2) is 48.6 Å². The second-order valence-electron chi connectivity index (χ2n) is 5.82. The Labute approximate surface area is 135 Å². The third-order valence-electron chi connectivity index (χ3n) is 4.12. The zero-order chi connectivity index (χ0) is 16.3. The highest BCUT2D eigenvalue weighted by molar-refractivity contribution is 7.88. The Balaban J connectivity index is 1.95. The summed E-state index contributed by atoms with van der Waals surface area (Å²) in [5.41, 5.74) is 1.11. The Morgan fingerprint density at radius 3 is 2.55 bits per heavy atom. The van der Waals surface area contributed by atoms with Gasteiger partial charge in [0.2, 0.25) is 10.0 Å². The van der Waals surface area contributed by atoms with Crippen LogP contribution in [0.15, 0.2) is 29.2 Å². The van der Waals surface area contributed by atoms with E-state index in [4.69, 9.17) is 0 Å². The number of benzene rings is 1. The van der Waals surface area contributed by atoms with Crippen LogP contribution in [0.4, 0.5) is 0 Å². The zero-order valence-corrected chi connectivity index (χ0v) is 14.9. The van der Waals surface area contributed by atoms with Crippen molar-refractivity contribution in [2.45, 2.75) is 36.7 Å². The van der Waals surface area contributed by atoms with Crippen LogP contribution in [0.2, 0.25) is 0 Å². The summed E-state index contributed by atoms with van der Waals surface area (Å²) >= 11 is 0. The summed E-state index contributed by atoms with van der Waals surface area (Å²) in [4.78, 5) is 0.815. The van der Waals surface area contributed by atoms with Gasteiger partial charge in [0.15, 0.2) is 0 Å². The Kier molecular flexibility index (Phi) is 5.76. The molecule has 0 unspecified atom stereocenters. The van der Waals surface area contributed by atoms with Gasteiger partial charge in [-0.2, -0.15) is 4.31 Å². The number of hydrogen-bond acceptors (Lipinski definition) is 4. The van der Waals surface area contributed by atoms with Gasteiger partial charge in [-0.1, -0.05) is 12.1 Å². The van der Waals surface area contributed by atoms with Gasteiger partial charge in [0, 0.05) is 47.1 Å². The Morgan fingerprint density at radius 1 is 1.36 bits per heavy atom. The first-order valence-corrected chi connectivity index (χ1v) is 10.8. The Hall–Kier alpha value is -0.760. The highest BCUT2D eigenvalue weighted by Crippen LogP contribution is 2.21. The van der Waals surface area contributed by atoms with E-state index in [-0.39, 0.29) is 12.1 Å². The first-order valence-electron chi connectivity index (χ1n) is 7.42. The molecule has 1 aromatic carbocycles. The minimum Gasteiger partial charge on any atom is -0.309 e. The van der Waals surface area contributed by atoms with E-state index in [2.05, 4.69) is 12.2 Å². The summed E-state index contributed by atoms with van der Waals surface area (Å²) < 4.78 is 36.4. The molecule has 0 spiro atoms. The van der Waals surface area contributed by atoms with Crippen LogP contribution in [0.25, 0.3) is 0 Å². The molecular weight excluding hydrogens is 320 g/mol. The average Bonchev–Trinajstić information content (AvgIpc) is 2.93. The highest BCUT2D eigenvalue weighted by Gasteiger charge is 2.31. The van der Waals surface area contributed by atoms with Gasteiger partial charge in [0.25, 0.3) is 0 Å². The van der Waals surface area contributed by atoms with Gasteiger partial charge >= 0.3 is 0 Å². The van der Waals surface area contributed by atoms with Crippen LogP contribution < -0.4 is 5.32 Å². The van der Waals surface area contributed by atoms with E-state index in [1.807, 2.05) is 24.3 Å². The van der Waals surface area contributed by atoms with Crippen LogP contribution in [0.3, 0.4) is 0 Å². The maximum atomic E-state index is 11.7. The fraction of sp³-hybridized carbons (Fsp3) is 0.600. The molecule has 1 aliphatic heterocycles. The molecule has 0 bridgehead atoms. The van der Waals surface area contributed by atoms with Crippen LogP contribution >= 0.6 is 0 Å². The molecule has 0 saturated carbocycles. The number of rotatable bonds is 6. The monoisotopic (exact) mass is 344 g/mol. The topological polar surface area (TPSA) is 66.5 Å². The normalized spacial score (nSPS) is 22.6. The molecule has 1 aromatic rings. The molecule has 1 heterocycles. The predicted molar refractivity (Wildman–Crippen MR) is 89.8 cm³/mol. The number of nitrogens with zero attached hydrogens (tertiary/aromatic N) is 1. The second kappa shape index (κ2) is 7.21. The maximum Gasteiger partial charge on any atom is 0.211 e. The van der Waals surface area contributed by atoms with Gasteiger partial charge in [-0.15, -0.1) is 0 Å². The molecule has 1 N–H and O–H groups in total. The molecule has 7 heteroatoms. The number of sulfonamides is 1. The van der Waals surface area contributed by atoms with Gasteiger partial charge in [-0.25, -0.2) is 8.42 Å². The molecule has 0 aliphatic carbocycles. The summed E-state index contributed by atoms with van der Waals surface area (Å²) in [6, 6.07) is 7.86. The lowest BCUT2D eigenvalue weighted by Gasteiger charge is -2.24. The van der Waals surface area contributed by atoms with Crippen molar-refractivity contribution >= 4 is 20.8 Å². The van der Waals surface area contributed by atoms with Crippen molar-refractivity contribution in [3.05, 3.63) is 29.8 Å². The van der Waals surface area contributed by atoms with Crippen LogP contribution in [-0.2, 0) is 20.8 Å². The van der Waals surface area contributed by atoms with Crippen LogP contribution in [0, 0.1) is 0 Å². The third kappa shape index (κ3) is 4.38. The van der Waals surface area contributed by atoms with Crippen molar-refractivity contribution in [3.63, 3.8) is 0 Å². The first kappa shape index (κ1) is 17.6. The van der Waals surface area contributed by atoms with Gasteiger partial charge in [0.05, 0.1) is 6.26 Å². The molecule has 124 valence electrons. The molecule has 0 amide bonds. The molecule has 1 fully saturated rings. The lowest BCUT2D eigenvalue weighted by Crippen LogP contribution is -2.41. The lowest BCUT2D eigenvalue weighted by atomic mass is 10.1. The van der Waals surface area contributed by atoms with E-state index in [1.165, 1.54) is 6.26 Å². The molecule has 0 radical (unpaired) electrons. The van der Waals surface area contributed by atoms with Gasteiger partial charge in [0.1, 0.15) is 0 Å². The van der Waals surface area contributed by atoms with Crippen molar-refractivity contribution in [1.29, 1.82) is 0 Å². The van der Waals surface area contributed by atoms with E-state index < -0.39 is 20.8 Å². The van der Waals surface area contributed by atoms with Crippen molar-refractivity contribution in [3.8, 4) is 0 Å². The van der Waals surface area contributed by atoms with Crippen LogP contribution in [0.5, 0.6) is 0 Å². The molecule has 0 aromatic heterocycles. The minimum absolute atomic E-state index is 0.0415. The highest BCUT2D eigenvalue weighted by atomic mass is 32.2. The zero-order valence-electron chi connectivity index (χ0n) is 13.3. The summed E-state index contributed by atoms with van der Waals surface area (Å²) in [7, 11) is -4.08. The molecule has 1 aliphatic rings. The number of nitrogens with one attached hydrogen (secondary N) is 1. The minimum atomic E-state index is -3.12. The van der Waals surface area contributed by atoms with E-state index in [1.54, 1.807) is 10.6 Å². The molecule has 22 heavy (non-hydrogen) atoms. The Bertz CT molecular complexity index is 629. The SMILES string of the molecule is C[C@H](NC[C@H]1CCCN1S(C)(=O)=O)c1ccc([S@](C)=O)cc1. The van der Waals surface area contributed by atoms with E-state index >= 15 is 0 Å². The van der Waals surface area contributed by atoms with Crippen LogP contribution in [0.1, 0.15) is 31.4 Å². The fourth-order valence-electron chi connectivity index (χ4n) is 2.83. The molecule has 1 saturated heterocycles. The van der Waals surface area contributed by atoms with E-state index in [0.29, 0.717) is 13.1 Å². The van der Waals surface area contributed by atoms with Crippen molar-refractivity contribution in [1.82, 2.24) is 9.62 Å². The van der Waals surface area contributed by atoms with E-state index in [9.17, 15) is 12.6 Å². The first-order chi connectivity index (χ1) is 10.3. The van der Waals surface area contributed by atoms with E-state index in [0.717, 1.165) is 23.3 Å². The second-order valence-corrected chi connectivity index (χ2v) is 9.14. The summed E-state index contributed by atoms with van der Waals surface area (Å²) in [5.74, 6) is 0. The number of hydrogen-bond donors (Lipinski definition) is 1. The maximum absolute atomic E-state index is 11.7. The summed E-state index contributed by atoms with van der Waals surface area (Å²) in [5, 5.41) is 3.41. The summed E-state index contributed by atoms with van der Waals surface area (Å²) in [6.45, 7) is 3.32. The van der Waals surface area contributed by atoms with Gasteiger partial charge < -0.3 is 5.32 Å². The molecule has 5 nitrogen and oxygen atoms in total. The van der Waals surface area contributed by atoms with Gasteiger partial charge in [-0.05, 0) is 37.5 Å². The Morgan fingerprint density at radius 2 is 2.00 bits per heavy atom. The lowest BCUT2D eigenvalue weighted by molar-refractivity contribution is 0.363. The van der Waals surface area contributed by atoms with Crippen molar-refractivity contribution in [2.75, 3.05) is 25.6 Å². The molecule has 2 rings (SSSR count). The largest absolute Gasteiger partial charge is 0.309 e. The van der Waals surface area contributed by atoms with Crippen molar-refractivity contribution < 1.29 is 12.6 Å². The predicted octanol–water partition coefficient (Wildman–Crippen LogP) is 1.50. The summed E-state index contributed by atoms with van der Waals surface area (Å²) in [6.07, 6.45) is 4.76. The average molecular weight is 345 g/mol. The quantitative estimate of drug-likeness (QED) is 0.849. The third-order valence-corrected chi connectivity index (χ3v) is 6.39. The molecular formula is C15H24N2O3S2. The van der Waals surface area contributed by atoms with Crippen molar-refractivity contribution in [2.24, 2.45) is 0 Å². The smallest absolute Gasteiger partial charge is 0.211 e.